The minimum absolute atomic E-state index is 0.00933. The Morgan fingerprint density at radius 1 is 1.21 bits per heavy atom. The molecule has 1 aromatic heterocycles. The Hall–Kier alpha value is -2.73. The van der Waals surface area contributed by atoms with Crippen LogP contribution in [0.15, 0.2) is 40.6 Å². The number of Topliss-reactive ketones (excluding diaryl/α,β-unsaturated/α-hetero) is 1. The minimum atomic E-state index is -0.428. The summed E-state index contributed by atoms with van der Waals surface area (Å²) in [4.78, 5) is 15.8. The number of nitrogens with one attached hydrogen (secondary N) is 1. The fraction of sp³-hybridized carbons (Fsp3) is 0.0556. The number of fused-ring (bicyclic) bond motifs is 2. The molecule has 24 heavy (non-hydrogen) atoms. The van der Waals surface area contributed by atoms with Crippen molar-refractivity contribution in [2.45, 2.75) is 6.92 Å². The first-order chi connectivity index (χ1) is 11.5. The molecule has 0 fully saturated rings. The van der Waals surface area contributed by atoms with E-state index in [0.717, 1.165) is 26.6 Å². The van der Waals surface area contributed by atoms with Crippen LogP contribution in [-0.2, 0) is 0 Å². The van der Waals surface area contributed by atoms with Crippen LogP contribution in [-0.4, -0.2) is 21.0 Å². The number of phenolic OH excluding ortho intramolecular Hbond substituents is 2. The van der Waals surface area contributed by atoms with Crippen molar-refractivity contribution < 1.29 is 19.7 Å². The van der Waals surface area contributed by atoms with Gasteiger partial charge in [-0.2, -0.15) is 0 Å². The van der Waals surface area contributed by atoms with E-state index >= 15 is 0 Å². The van der Waals surface area contributed by atoms with Crippen LogP contribution in [0.3, 0.4) is 0 Å². The van der Waals surface area contributed by atoms with Gasteiger partial charge in [-0.05, 0) is 43.3 Å². The van der Waals surface area contributed by atoms with E-state index in [1.54, 1.807) is 6.08 Å². The van der Waals surface area contributed by atoms with E-state index in [0.29, 0.717) is 0 Å². The molecule has 0 bridgehead atoms. The summed E-state index contributed by atoms with van der Waals surface area (Å²) < 4.78 is 6.44. The van der Waals surface area contributed by atoms with Crippen LogP contribution < -0.4 is 4.74 Å². The Bertz CT molecular complexity index is 1050. The Balaban J connectivity index is 1.86. The number of aryl methyl sites for hydroxylation is 1. The molecule has 6 heteroatoms. The molecule has 0 spiro atoms. The highest BCUT2D eigenvalue weighted by Crippen LogP contribution is 2.44. The topological polar surface area (TPSA) is 82.6 Å². The maximum atomic E-state index is 12.5. The second kappa shape index (κ2) is 5.14. The lowest BCUT2D eigenvalue weighted by Crippen LogP contribution is -1.98. The van der Waals surface area contributed by atoms with E-state index in [4.69, 9.17) is 4.74 Å². The number of ketones is 1. The van der Waals surface area contributed by atoms with Crippen molar-refractivity contribution in [2.75, 3.05) is 0 Å². The van der Waals surface area contributed by atoms with Gasteiger partial charge in [0.15, 0.2) is 17.3 Å². The quantitative estimate of drug-likeness (QED) is 0.431. The summed E-state index contributed by atoms with van der Waals surface area (Å²) in [6.07, 6.45) is 1.65. The average Bonchev–Trinajstić information content (AvgIpc) is 3.03. The Labute approximate surface area is 145 Å². The number of carbonyl (C=O) groups is 1. The summed E-state index contributed by atoms with van der Waals surface area (Å²) in [5.74, 6) is -0.985. The van der Waals surface area contributed by atoms with Crippen LogP contribution >= 0.6 is 15.9 Å². The lowest BCUT2D eigenvalue weighted by Gasteiger charge is -2.02. The normalized spacial score (nSPS) is 15.1. The molecule has 1 aliphatic heterocycles. The maximum absolute atomic E-state index is 12.5. The molecule has 0 radical (unpaired) electrons. The van der Waals surface area contributed by atoms with Crippen LogP contribution in [0.25, 0.3) is 17.0 Å². The van der Waals surface area contributed by atoms with Gasteiger partial charge >= 0.3 is 0 Å². The molecule has 0 unspecified atom stereocenters. The molecule has 0 saturated carbocycles. The Kier molecular flexibility index (Phi) is 3.18. The molecule has 2 heterocycles. The first-order valence-electron chi connectivity index (χ1n) is 7.22. The molecule has 0 saturated heterocycles. The van der Waals surface area contributed by atoms with Crippen molar-refractivity contribution in [1.29, 1.82) is 0 Å². The third-order valence-electron chi connectivity index (χ3n) is 4.06. The van der Waals surface area contributed by atoms with Gasteiger partial charge in [0, 0.05) is 26.6 Å². The van der Waals surface area contributed by atoms with Crippen molar-refractivity contribution in [2.24, 2.45) is 0 Å². The summed E-state index contributed by atoms with van der Waals surface area (Å²) in [6.45, 7) is 1.91. The lowest BCUT2D eigenvalue weighted by molar-refractivity contribution is 0.101. The third kappa shape index (κ3) is 2.11. The molecule has 4 rings (SSSR count). The van der Waals surface area contributed by atoms with Crippen molar-refractivity contribution in [1.82, 2.24) is 4.98 Å². The molecule has 120 valence electrons. The molecule has 5 nitrogen and oxygen atoms in total. The number of allylic oxidation sites excluding steroid dienone is 1. The van der Waals surface area contributed by atoms with Crippen LogP contribution in [0.4, 0.5) is 0 Å². The summed E-state index contributed by atoms with van der Waals surface area (Å²) in [5, 5.41) is 20.4. The number of carbonyl (C=O) groups excluding carboxylic acids is 1. The summed E-state index contributed by atoms with van der Waals surface area (Å²) in [6, 6.07) is 8.55. The van der Waals surface area contributed by atoms with Gasteiger partial charge in [-0.1, -0.05) is 15.9 Å². The molecule has 1 aliphatic rings. The summed E-state index contributed by atoms with van der Waals surface area (Å²) in [7, 11) is 0. The van der Waals surface area contributed by atoms with Gasteiger partial charge in [-0.15, -0.1) is 0 Å². The van der Waals surface area contributed by atoms with Gasteiger partial charge in [0.2, 0.25) is 11.5 Å². The lowest BCUT2D eigenvalue weighted by atomic mass is 10.1. The number of aromatic amines is 1. The van der Waals surface area contributed by atoms with Gasteiger partial charge in [0.1, 0.15) is 0 Å². The zero-order valence-electron chi connectivity index (χ0n) is 12.6. The SMILES string of the molecule is Cc1[nH]c2ccc(Br)cc2c1/C=C1\Oc2c(ccc(O)c2O)C1=O. The third-order valence-corrected chi connectivity index (χ3v) is 4.56. The molecule has 0 aliphatic carbocycles. The first-order valence-corrected chi connectivity index (χ1v) is 8.02. The molecule has 0 atom stereocenters. The number of aromatic nitrogens is 1. The van der Waals surface area contributed by atoms with Crippen LogP contribution in [0.1, 0.15) is 21.6 Å². The number of aromatic hydroxyl groups is 2. The van der Waals surface area contributed by atoms with Crippen molar-refractivity contribution in [3.05, 3.63) is 57.4 Å². The van der Waals surface area contributed by atoms with Gasteiger partial charge in [-0.3, -0.25) is 4.79 Å². The number of halogens is 1. The number of hydrogen-bond donors (Lipinski definition) is 3. The molecule has 3 N–H and O–H groups in total. The fourth-order valence-corrected chi connectivity index (χ4v) is 3.22. The van der Waals surface area contributed by atoms with E-state index in [9.17, 15) is 15.0 Å². The van der Waals surface area contributed by atoms with Crippen molar-refractivity contribution in [3.63, 3.8) is 0 Å². The van der Waals surface area contributed by atoms with Gasteiger partial charge in [-0.25, -0.2) is 0 Å². The van der Waals surface area contributed by atoms with Crippen molar-refractivity contribution >= 4 is 38.7 Å². The first kappa shape index (κ1) is 14.8. The van der Waals surface area contributed by atoms with Crippen LogP contribution in [0, 0.1) is 6.92 Å². The minimum Gasteiger partial charge on any atom is -0.504 e. The van der Waals surface area contributed by atoms with Gasteiger partial charge in [0.25, 0.3) is 0 Å². The molecule has 0 amide bonds. The second-order valence-electron chi connectivity index (χ2n) is 5.60. The van der Waals surface area contributed by atoms with E-state index in [-0.39, 0.29) is 28.6 Å². The second-order valence-corrected chi connectivity index (χ2v) is 6.52. The summed E-state index contributed by atoms with van der Waals surface area (Å²) >= 11 is 3.45. The largest absolute Gasteiger partial charge is 0.504 e. The number of rotatable bonds is 1. The monoisotopic (exact) mass is 385 g/mol. The summed E-state index contributed by atoms with van der Waals surface area (Å²) in [5.41, 5.74) is 2.92. The van der Waals surface area contributed by atoms with Gasteiger partial charge in [0.05, 0.1) is 5.56 Å². The number of phenols is 2. The molecular weight excluding hydrogens is 374 g/mol. The van der Waals surface area contributed by atoms with Crippen LogP contribution in [0.5, 0.6) is 17.2 Å². The predicted molar refractivity (Wildman–Crippen MR) is 93.4 cm³/mol. The molecule has 3 aromatic rings. The highest BCUT2D eigenvalue weighted by Gasteiger charge is 2.31. The number of ether oxygens (including phenoxy) is 1. The Morgan fingerprint density at radius 3 is 2.79 bits per heavy atom. The zero-order chi connectivity index (χ0) is 17.0. The van der Waals surface area contributed by atoms with E-state index < -0.39 is 5.75 Å². The Morgan fingerprint density at radius 2 is 2.00 bits per heavy atom. The smallest absolute Gasteiger partial charge is 0.232 e. The van der Waals surface area contributed by atoms with E-state index in [2.05, 4.69) is 20.9 Å². The number of H-pyrrole nitrogens is 1. The van der Waals surface area contributed by atoms with Crippen LogP contribution in [0.2, 0.25) is 0 Å². The highest BCUT2D eigenvalue weighted by atomic mass is 79.9. The van der Waals surface area contributed by atoms with Crippen molar-refractivity contribution in [3.8, 4) is 17.2 Å². The van der Waals surface area contributed by atoms with Gasteiger partial charge < -0.3 is 19.9 Å². The standard InChI is InChI=1S/C18H12BrNO4/c1-8-11(12-6-9(19)2-4-13(12)20-8)7-15-16(22)10-3-5-14(21)17(23)18(10)24-15/h2-7,20-21,23H,1H3/b15-7-. The average molecular weight is 386 g/mol. The van der Waals surface area contributed by atoms with E-state index in [1.807, 2.05) is 25.1 Å². The van der Waals surface area contributed by atoms with E-state index in [1.165, 1.54) is 12.1 Å². The fourth-order valence-electron chi connectivity index (χ4n) is 2.86. The maximum Gasteiger partial charge on any atom is 0.232 e. The molecular formula is C18H12BrNO4. The number of benzene rings is 2. The number of hydrogen-bond acceptors (Lipinski definition) is 4. The zero-order valence-corrected chi connectivity index (χ0v) is 14.1. The predicted octanol–water partition coefficient (Wildman–Crippen LogP) is 4.27. The molecule has 2 aromatic carbocycles. The highest BCUT2D eigenvalue weighted by molar-refractivity contribution is 9.10.